The van der Waals surface area contributed by atoms with Crippen LogP contribution < -0.4 is 84.0 Å². The van der Waals surface area contributed by atoms with Crippen LogP contribution in [0.4, 0.5) is 5.13 Å². The second kappa shape index (κ2) is 8.35. The Morgan fingerprint density at radius 1 is 1.05 bits per heavy atom. The molecule has 0 unspecified atom stereocenters. The number of anilines is 1. The molecule has 2 aromatic rings. The van der Waals surface area contributed by atoms with Gasteiger partial charge >= 0.3 is 59.1 Å². The number of fused-ring (bicyclic) bond motifs is 1. The van der Waals surface area contributed by atoms with Gasteiger partial charge in [0, 0.05) is 0 Å². The fourth-order valence-electron chi connectivity index (χ4n) is 1.38. The van der Waals surface area contributed by atoms with E-state index in [1.165, 1.54) is 0 Å². The number of nitrogens with one attached hydrogen (secondary N) is 1. The van der Waals surface area contributed by atoms with E-state index in [1.54, 1.807) is 24.3 Å². The van der Waals surface area contributed by atoms with Crippen LogP contribution in [0.25, 0.3) is 10.2 Å². The first kappa shape index (κ1) is 22.2. The Kier molecular flexibility index (Phi) is 8.83. The van der Waals surface area contributed by atoms with Gasteiger partial charge in [-0.1, -0.05) is 23.5 Å². The first-order valence-corrected chi connectivity index (χ1v) is 8.87. The monoisotopic (exact) mass is 366 g/mol. The molecular formula is C8H6N2Na2O6P2S-2. The average Bonchev–Trinajstić information content (AvgIpc) is 2.65. The molecule has 0 aliphatic heterocycles. The second-order valence-electron chi connectivity index (χ2n) is 3.58. The molecule has 1 aromatic heterocycles. The number of thiazole rings is 1. The van der Waals surface area contributed by atoms with Gasteiger partial charge < -0.3 is 34.0 Å². The van der Waals surface area contributed by atoms with Crippen LogP contribution in [-0.4, -0.2) is 10.5 Å². The summed E-state index contributed by atoms with van der Waals surface area (Å²) in [6.45, 7) is 0. The molecule has 0 bridgehead atoms. The SMILES string of the molecule is O=P([O-])([O-])C(Nc1nc2ccccc2s1)P(=O)([O-])[O-].[Na+].[Na+]. The standard InChI is InChI=1S/C8H10N2O6P2S.2Na/c11-17(12,13)8(18(14,15)16)10-7-9-5-3-1-2-4-6(5)19-7;;/h1-4,8H,(H,9,10)(H2,11,12,13)(H2,14,15,16);;/q;2*+1/p-4. The van der Waals surface area contributed by atoms with Gasteiger partial charge in [-0.15, -0.1) is 0 Å². The van der Waals surface area contributed by atoms with E-state index in [0.29, 0.717) is 10.2 Å². The maximum absolute atomic E-state index is 10.8. The molecule has 1 aromatic carbocycles. The van der Waals surface area contributed by atoms with Gasteiger partial charge in [0.2, 0.25) is 0 Å². The number of aromatic nitrogens is 1. The van der Waals surface area contributed by atoms with E-state index in [4.69, 9.17) is 0 Å². The molecule has 0 radical (unpaired) electrons. The number of nitrogens with zero attached hydrogens (tertiary/aromatic N) is 1. The summed E-state index contributed by atoms with van der Waals surface area (Å²) in [5, 5.41) is 1.76. The molecule has 0 spiro atoms. The molecule has 1 heterocycles. The Hall–Kier alpha value is 1.21. The minimum atomic E-state index is -5.64. The second-order valence-corrected chi connectivity index (χ2v) is 8.21. The summed E-state index contributed by atoms with van der Waals surface area (Å²) < 4.78 is 22.3. The van der Waals surface area contributed by atoms with Crippen LogP contribution in [0.3, 0.4) is 0 Å². The molecule has 0 aliphatic rings. The number of hydrogen-bond donors (Lipinski definition) is 1. The summed E-state index contributed by atoms with van der Waals surface area (Å²) in [6, 6.07) is 6.69. The smallest absolute Gasteiger partial charge is 0.809 e. The molecule has 0 fully saturated rings. The van der Waals surface area contributed by atoms with Crippen molar-refractivity contribution in [3.63, 3.8) is 0 Å². The van der Waals surface area contributed by atoms with Crippen molar-refractivity contribution in [1.29, 1.82) is 0 Å². The maximum atomic E-state index is 10.8. The van der Waals surface area contributed by atoms with Gasteiger partial charge in [-0.3, -0.25) is 0 Å². The van der Waals surface area contributed by atoms with Crippen LogP contribution in [-0.2, 0) is 9.13 Å². The third kappa shape index (κ3) is 5.97. The average molecular weight is 366 g/mol. The van der Waals surface area contributed by atoms with E-state index >= 15 is 0 Å². The van der Waals surface area contributed by atoms with Gasteiger partial charge in [0.25, 0.3) is 0 Å². The largest absolute Gasteiger partial charge is 1.00 e. The molecule has 104 valence electrons. The molecule has 0 atom stereocenters. The van der Waals surface area contributed by atoms with E-state index in [-0.39, 0.29) is 64.2 Å². The summed E-state index contributed by atoms with van der Waals surface area (Å²) in [6.07, 6.45) is 0. The van der Waals surface area contributed by atoms with E-state index in [9.17, 15) is 28.7 Å². The van der Waals surface area contributed by atoms with Crippen molar-refractivity contribution in [3.05, 3.63) is 24.3 Å². The molecule has 0 aliphatic carbocycles. The molecular weight excluding hydrogens is 360 g/mol. The van der Waals surface area contributed by atoms with Crippen molar-refractivity contribution in [2.24, 2.45) is 0 Å². The quantitative estimate of drug-likeness (QED) is 0.414. The van der Waals surface area contributed by atoms with Gasteiger partial charge in [0.1, 0.15) is 0 Å². The molecule has 2 rings (SSSR count). The van der Waals surface area contributed by atoms with Gasteiger partial charge in [0.05, 0.1) is 15.7 Å². The fourth-order valence-corrected chi connectivity index (χ4v) is 4.39. The van der Waals surface area contributed by atoms with Crippen molar-refractivity contribution in [3.8, 4) is 0 Å². The summed E-state index contributed by atoms with van der Waals surface area (Å²) in [4.78, 5) is 47.1. The van der Waals surface area contributed by atoms with Crippen LogP contribution in [0.15, 0.2) is 24.3 Å². The van der Waals surface area contributed by atoms with Gasteiger partial charge in [-0.2, -0.15) is 0 Å². The number of benzene rings is 1. The third-order valence-corrected chi connectivity index (χ3v) is 6.27. The van der Waals surface area contributed by atoms with E-state index in [1.807, 2.05) is 5.32 Å². The van der Waals surface area contributed by atoms with Crippen LogP contribution >= 0.6 is 26.5 Å². The first-order chi connectivity index (χ1) is 8.68. The molecule has 8 nitrogen and oxygen atoms in total. The first-order valence-electron chi connectivity index (χ1n) is 4.83. The molecule has 0 amide bonds. The van der Waals surface area contributed by atoms with Crippen molar-refractivity contribution < 1.29 is 87.8 Å². The normalized spacial score (nSPS) is 11.9. The third-order valence-electron chi connectivity index (χ3n) is 2.15. The van der Waals surface area contributed by atoms with Crippen molar-refractivity contribution in [2.75, 3.05) is 5.32 Å². The summed E-state index contributed by atoms with van der Waals surface area (Å²) in [5.41, 5.74) is -2.24. The van der Waals surface area contributed by atoms with Crippen LogP contribution in [0, 0.1) is 0 Å². The predicted molar refractivity (Wildman–Crippen MR) is 62.2 cm³/mol. The van der Waals surface area contributed by atoms with Crippen LogP contribution in [0.2, 0.25) is 0 Å². The molecule has 1 N–H and O–H groups in total. The zero-order chi connectivity index (χ0) is 14.3. The Bertz CT molecular complexity index is 646. The summed E-state index contributed by atoms with van der Waals surface area (Å²) in [5.74, 6) is 0. The topological polar surface area (TPSA) is 151 Å². The van der Waals surface area contributed by atoms with Crippen LogP contribution in [0.5, 0.6) is 0 Å². The Labute approximate surface area is 168 Å². The molecule has 0 saturated carbocycles. The minimum absolute atomic E-state index is 0. The Morgan fingerprint density at radius 3 is 2.05 bits per heavy atom. The number of hydrogen-bond acceptors (Lipinski definition) is 9. The Balaban J connectivity index is 0.00000200. The van der Waals surface area contributed by atoms with Crippen molar-refractivity contribution >= 4 is 41.9 Å². The minimum Gasteiger partial charge on any atom is -0.809 e. The fraction of sp³-hybridized carbons (Fsp3) is 0.125. The molecule has 0 saturated heterocycles. The van der Waals surface area contributed by atoms with E-state index < -0.39 is 20.7 Å². The van der Waals surface area contributed by atoms with Gasteiger partial charge in [-0.25, -0.2) is 4.98 Å². The number of para-hydroxylation sites is 1. The molecule has 21 heavy (non-hydrogen) atoms. The van der Waals surface area contributed by atoms with Gasteiger partial charge in [0.15, 0.2) is 5.13 Å². The van der Waals surface area contributed by atoms with Gasteiger partial charge in [-0.05, 0) is 27.3 Å². The zero-order valence-electron chi connectivity index (χ0n) is 11.1. The Morgan fingerprint density at radius 2 is 1.57 bits per heavy atom. The van der Waals surface area contributed by atoms with Crippen molar-refractivity contribution in [1.82, 2.24) is 4.98 Å². The van der Waals surface area contributed by atoms with E-state index in [2.05, 4.69) is 4.98 Å². The maximum Gasteiger partial charge on any atom is 1.00 e. The molecule has 13 heteroatoms. The summed E-state index contributed by atoms with van der Waals surface area (Å²) in [7, 11) is -11.3. The zero-order valence-corrected chi connectivity index (χ0v) is 17.7. The number of rotatable bonds is 4. The van der Waals surface area contributed by atoms with Crippen molar-refractivity contribution in [2.45, 2.75) is 5.52 Å². The predicted octanol–water partition coefficient (Wildman–Crippen LogP) is -7.17. The van der Waals surface area contributed by atoms with Crippen LogP contribution in [0.1, 0.15) is 0 Å². The van der Waals surface area contributed by atoms with E-state index in [0.717, 1.165) is 11.3 Å². The summed E-state index contributed by atoms with van der Waals surface area (Å²) >= 11 is 0.938.